The predicted octanol–water partition coefficient (Wildman–Crippen LogP) is 4.14. The minimum atomic E-state index is 0.0445. The number of unbranched alkanes of at least 4 members (excludes halogenated alkanes) is 1. The maximum atomic E-state index is 12.5. The largest absolute Gasteiger partial charge is 0.508 e. The molecule has 0 bridgehead atoms. The Balaban J connectivity index is 1.36. The molecule has 1 heterocycles. The summed E-state index contributed by atoms with van der Waals surface area (Å²) in [6, 6.07) is 10.7. The molecule has 0 spiro atoms. The molecule has 1 amide bonds. The number of halogens is 1. The molecule has 2 aromatic carbocycles. The maximum Gasteiger partial charge on any atom is 0.223 e. The van der Waals surface area contributed by atoms with Crippen LogP contribution >= 0.6 is 11.6 Å². The number of carbonyl (C=O) groups is 2. The lowest BCUT2D eigenvalue weighted by molar-refractivity contribution is -0.116. The SMILES string of the molecule is CC(=O)N1CCc2cc(C(=O)CCCCNCCc3ccc(O)cc3Cl)ccc21. The number of anilines is 1. The molecule has 0 aliphatic carbocycles. The standard InChI is InChI=1S/C23H27ClN2O3/c1-16(27)26-13-10-18-14-19(6-8-22(18)26)23(29)4-2-3-11-25-12-9-17-5-7-20(28)15-21(17)24/h5-8,14-15,25,28H,2-4,9-13H2,1H3. The molecule has 3 rings (SSSR count). The summed E-state index contributed by atoms with van der Waals surface area (Å²) < 4.78 is 0. The van der Waals surface area contributed by atoms with Crippen LogP contribution in [0.5, 0.6) is 5.75 Å². The zero-order valence-electron chi connectivity index (χ0n) is 16.7. The number of ketones is 1. The highest BCUT2D eigenvalue weighted by molar-refractivity contribution is 6.31. The smallest absolute Gasteiger partial charge is 0.223 e. The molecular weight excluding hydrogens is 388 g/mol. The van der Waals surface area contributed by atoms with Gasteiger partial charge in [0, 0.05) is 36.2 Å². The van der Waals surface area contributed by atoms with Gasteiger partial charge in [0.15, 0.2) is 5.78 Å². The van der Waals surface area contributed by atoms with Crippen molar-refractivity contribution in [1.29, 1.82) is 0 Å². The van der Waals surface area contributed by atoms with Crippen molar-refractivity contribution in [3.05, 3.63) is 58.1 Å². The van der Waals surface area contributed by atoms with Crippen molar-refractivity contribution in [1.82, 2.24) is 5.32 Å². The van der Waals surface area contributed by atoms with E-state index in [4.69, 9.17) is 11.6 Å². The molecule has 0 radical (unpaired) electrons. The van der Waals surface area contributed by atoms with Crippen molar-refractivity contribution in [3.8, 4) is 5.75 Å². The Morgan fingerprint density at radius 1 is 1.14 bits per heavy atom. The third-order valence-electron chi connectivity index (χ3n) is 5.29. The van der Waals surface area contributed by atoms with Gasteiger partial charge in [-0.2, -0.15) is 0 Å². The van der Waals surface area contributed by atoms with Gasteiger partial charge in [-0.25, -0.2) is 0 Å². The third-order valence-corrected chi connectivity index (χ3v) is 5.64. The average Bonchev–Trinajstić information content (AvgIpc) is 3.12. The maximum absolute atomic E-state index is 12.5. The number of carbonyl (C=O) groups excluding carboxylic acids is 2. The monoisotopic (exact) mass is 414 g/mol. The number of amides is 1. The highest BCUT2D eigenvalue weighted by Crippen LogP contribution is 2.29. The van der Waals surface area contributed by atoms with E-state index < -0.39 is 0 Å². The van der Waals surface area contributed by atoms with E-state index in [-0.39, 0.29) is 17.4 Å². The molecule has 0 atom stereocenters. The Hall–Kier alpha value is -2.37. The van der Waals surface area contributed by atoms with Crippen LogP contribution in [0.2, 0.25) is 5.02 Å². The van der Waals surface area contributed by atoms with Crippen molar-refractivity contribution in [2.24, 2.45) is 0 Å². The van der Waals surface area contributed by atoms with Crippen molar-refractivity contribution in [2.45, 2.75) is 39.0 Å². The first-order valence-corrected chi connectivity index (χ1v) is 10.5. The van der Waals surface area contributed by atoms with Crippen molar-refractivity contribution < 1.29 is 14.7 Å². The molecule has 0 unspecified atom stereocenters. The summed E-state index contributed by atoms with van der Waals surface area (Å²) in [5.41, 5.74) is 3.77. The van der Waals surface area contributed by atoms with Gasteiger partial charge in [-0.1, -0.05) is 17.7 Å². The summed E-state index contributed by atoms with van der Waals surface area (Å²) in [6.07, 6.45) is 3.90. The minimum Gasteiger partial charge on any atom is -0.508 e. The van der Waals surface area contributed by atoms with E-state index in [9.17, 15) is 14.7 Å². The molecule has 2 aromatic rings. The molecule has 154 valence electrons. The first-order valence-electron chi connectivity index (χ1n) is 10.1. The number of phenols is 1. The first kappa shape index (κ1) is 21.3. The van der Waals surface area contributed by atoms with Gasteiger partial charge >= 0.3 is 0 Å². The molecule has 5 nitrogen and oxygen atoms in total. The van der Waals surface area contributed by atoms with Gasteiger partial charge in [0.25, 0.3) is 0 Å². The van der Waals surface area contributed by atoms with Crippen LogP contribution in [0, 0.1) is 0 Å². The van der Waals surface area contributed by atoms with Crippen LogP contribution in [-0.4, -0.2) is 36.4 Å². The molecule has 1 aliphatic rings. The Labute approximate surface area is 176 Å². The summed E-state index contributed by atoms with van der Waals surface area (Å²) in [7, 11) is 0. The number of hydrogen-bond acceptors (Lipinski definition) is 4. The quantitative estimate of drug-likeness (QED) is 0.478. The number of Topliss-reactive ketones (excluding diaryl/α,β-unsaturated/α-hetero) is 1. The number of hydrogen-bond donors (Lipinski definition) is 2. The molecule has 1 aliphatic heterocycles. The van der Waals surface area contributed by atoms with Crippen LogP contribution in [0.1, 0.15) is 47.7 Å². The fraction of sp³-hybridized carbons (Fsp3) is 0.391. The normalized spacial score (nSPS) is 12.8. The lowest BCUT2D eigenvalue weighted by atomic mass is 10.0. The Morgan fingerprint density at radius 2 is 1.97 bits per heavy atom. The van der Waals surface area contributed by atoms with Gasteiger partial charge in [0.05, 0.1) is 0 Å². The van der Waals surface area contributed by atoms with E-state index in [0.29, 0.717) is 18.0 Å². The van der Waals surface area contributed by atoms with E-state index in [1.807, 2.05) is 24.3 Å². The van der Waals surface area contributed by atoms with Crippen LogP contribution in [0.15, 0.2) is 36.4 Å². The van der Waals surface area contributed by atoms with Gasteiger partial charge < -0.3 is 15.3 Å². The number of nitrogens with zero attached hydrogens (tertiary/aromatic N) is 1. The number of aromatic hydroxyl groups is 1. The zero-order chi connectivity index (χ0) is 20.8. The molecule has 0 aromatic heterocycles. The molecular formula is C23H27ClN2O3. The van der Waals surface area contributed by atoms with Gasteiger partial charge in [-0.3, -0.25) is 9.59 Å². The summed E-state index contributed by atoms with van der Waals surface area (Å²) in [5, 5.41) is 13.3. The van der Waals surface area contributed by atoms with Crippen molar-refractivity contribution >= 4 is 29.0 Å². The third kappa shape index (κ3) is 5.58. The summed E-state index contributed by atoms with van der Waals surface area (Å²) in [5.74, 6) is 0.379. The topological polar surface area (TPSA) is 69.6 Å². The summed E-state index contributed by atoms with van der Waals surface area (Å²) in [4.78, 5) is 25.9. The molecule has 0 saturated heterocycles. The number of phenolic OH excluding ortho intramolecular Hbond substituents is 1. The minimum absolute atomic E-state index is 0.0445. The van der Waals surface area contributed by atoms with Gasteiger partial charge in [0.2, 0.25) is 5.91 Å². The Kier molecular flexibility index (Phi) is 7.29. The van der Waals surface area contributed by atoms with E-state index >= 15 is 0 Å². The van der Waals surface area contributed by atoms with E-state index in [1.54, 1.807) is 24.0 Å². The Morgan fingerprint density at radius 3 is 2.72 bits per heavy atom. The van der Waals surface area contributed by atoms with Crippen LogP contribution in [0.3, 0.4) is 0 Å². The zero-order valence-corrected chi connectivity index (χ0v) is 17.5. The van der Waals surface area contributed by atoms with E-state index in [0.717, 1.165) is 61.2 Å². The highest BCUT2D eigenvalue weighted by atomic mass is 35.5. The highest BCUT2D eigenvalue weighted by Gasteiger charge is 2.22. The van der Waals surface area contributed by atoms with E-state index in [2.05, 4.69) is 5.32 Å². The number of benzene rings is 2. The number of rotatable bonds is 9. The lowest BCUT2D eigenvalue weighted by Crippen LogP contribution is -2.25. The van der Waals surface area contributed by atoms with Crippen molar-refractivity contribution in [2.75, 3.05) is 24.5 Å². The molecule has 29 heavy (non-hydrogen) atoms. The fourth-order valence-electron chi connectivity index (χ4n) is 3.67. The van der Waals surface area contributed by atoms with Gasteiger partial charge in [-0.15, -0.1) is 0 Å². The first-order chi connectivity index (χ1) is 14.0. The second-order valence-corrected chi connectivity index (χ2v) is 7.83. The molecule has 0 fully saturated rings. The second-order valence-electron chi connectivity index (χ2n) is 7.42. The summed E-state index contributed by atoms with van der Waals surface area (Å²) >= 11 is 6.10. The van der Waals surface area contributed by atoms with Crippen LogP contribution < -0.4 is 10.2 Å². The van der Waals surface area contributed by atoms with Crippen molar-refractivity contribution in [3.63, 3.8) is 0 Å². The van der Waals surface area contributed by atoms with Crippen LogP contribution in [0.4, 0.5) is 5.69 Å². The Bertz CT molecular complexity index is 898. The predicted molar refractivity (Wildman–Crippen MR) is 116 cm³/mol. The number of fused-ring (bicyclic) bond motifs is 1. The van der Waals surface area contributed by atoms with E-state index in [1.165, 1.54) is 0 Å². The van der Waals surface area contributed by atoms with Gasteiger partial charge in [-0.05, 0) is 80.2 Å². The summed E-state index contributed by atoms with van der Waals surface area (Å²) in [6.45, 7) is 3.92. The fourth-order valence-corrected chi connectivity index (χ4v) is 3.94. The second kappa shape index (κ2) is 9.90. The molecule has 0 saturated carbocycles. The van der Waals surface area contributed by atoms with Crippen LogP contribution in [-0.2, 0) is 17.6 Å². The molecule has 2 N–H and O–H groups in total. The van der Waals surface area contributed by atoms with Crippen LogP contribution in [0.25, 0.3) is 0 Å². The number of nitrogens with one attached hydrogen (secondary N) is 1. The average molecular weight is 415 g/mol. The lowest BCUT2D eigenvalue weighted by Gasteiger charge is -2.14. The van der Waals surface area contributed by atoms with Gasteiger partial charge in [0.1, 0.15) is 5.75 Å². The molecule has 6 heteroatoms.